The van der Waals surface area contributed by atoms with Crippen LogP contribution in [0.25, 0.3) is 0 Å². The molecule has 0 saturated heterocycles. The third-order valence-electron chi connectivity index (χ3n) is 1.46. The molecule has 0 saturated carbocycles. The normalized spacial score (nSPS) is 10.3. The summed E-state index contributed by atoms with van der Waals surface area (Å²) in [7, 11) is 1.37. The number of unbranched alkanes of at least 4 members (excludes halogenated alkanes) is 1. The Hall–Kier alpha value is -0.640. The number of thioether (sulfide) groups is 1. The molecule has 0 atom stereocenters. The topological polar surface area (TPSA) is 38.3 Å². The van der Waals surface area contributed by atoms with Crippen molar-refractivity contribution < 1.29 is 9.53 Å². The van der Waals surface area contributed by atoms with Crippen LogP contribution in [0, 0.1) is 0 Å². The quantitative estimate of drug-likeness (QED) is 0.386. The molecule has 4 heteroatoms. The monoisotopic (exact) mass is 203 g/mol. The highest BCUT2D eigenvalue weighted by Crippen LogP contribution is 1.97. The van der Waals surface area contributed by atoms with Crippen molar-refractivity contribution in [3.8, 4) is 0 Å². The molecule has 0 heterocycles. The van der Waals surface area contributed by atoms with Crippen LogP contribution < -0.4 is 5.32 Å². The number of carbonyl (C=O) groups excluding carboxylic acids is 1. The maximum Gasteiger partial charge on any atom is 0.331 e. The van der Waals surface area contributed by atoms with E-state index in [1.807, 2.05) is 11.8 Å². The lowest BCUT2D eigenvalue weighted by atomic mass is 10.3. The Labute approximate surface area is 83.9 Å². The molecule has 13 heavy (non-hydrogen) atoms. The van der Waals surface area contributed by atoms with Gasteiger partial charge in [-0.15, -0.1) is 0 Å². The van der Waals surface area contributed by atoms with E-state index in [4.69, 9.17) is 0 Å². The summed E-state index contributed by atoms with van der Waals surface area (Å²) in [5, 5.41) is 3.02. The Bertz CT molecular complexity index is 160. The number of esters is 1. The van der Waals surface area contributed by atoms with Crippen molar-refractivity contribution in [2.45, 2.75) is 12.8 Å². The highest BCUT2D eigenvalue weighted by atomic mass is 32.2. The molecule has 76 valence electrons. The van der Waals surface area contributed by atoms with Crippen molar-refractivity contribution in [2.24, 2.45) is 0 Å². The van der Waals surface area contributed by atoms with Gasteiger partial charge in [-0.25, -0.2) is 4.79 Å². The Balaban J connectivity index is 3.15. The SMILES string of the molecule is COC(=O)/C=C/NCCCCSC. The molecule has 0 rings (SSSR count). The largest absolute Gasteiger partial charge is 0.466 e. The molecule has 0 aliphatic carbocycles. The summed E-state index contributed by atoms with van der Waals surface area (Å²) >= 11 is 1.85. The lowest BCUT2D eigenvalue weighted by molar-refractivity contribution is -0.134. The maximum absolute atomic E-state index is 10.6. The molecule has 0 amide bonds. The van der Waals surface area contributed by atoms with Crippen molar-refractivity contribution in [3.05, 3.63) is 12.3 Å². The number of hydrogen-bond donors (Lipinski definition) is 1. The van der Waals surface area contributed by atoms with E-state index in [2.05, 4.69) is 16.3 Å². The third-order valence-corrected chi connectivity index (χ3v) is 2.15. The van der Waals surface area contributed by atoms with Crippen LogP contribution in [0.1, 0.15) is 12.8 Å². The second-order valence-corrected chi connectivity index (χ2v) is 3.50. The van der Waals surface area contributed by atoms with Crippen molar-refractivity contribution in [1.29, 1.82) is 0 Å². The van der Waals surface area contributed by atoms with Crippen LogP contribution in [0.4, 0.5) is 0 Å². The average Bonchev–Trinajstić information content (AvgIpc) is 2.16. The predicted molar refractivity (Wildman–Crippen MR) is 56.8 cm³/mol. The van der Waals surface area contributed by atoms with Crippen LogP contribution in [0.3, 0.4) is 0 Å². The minimum Gasteiger partial charge on any atom is -0.466 e. The summed E-state index contributed by atoms with van der Waals surface area (Å²) in [6.07, 6.45) is 7.46. The molecule has 0 unspecified atom stereocenters. The summed E-state index contributed by atoms with van der Waals surface area (Å²) in [6, 6.07) is 0. The van der Waals surface area contributed by atoms with E-state index in [1.165, 1.54) is 25.4 Å². The van der Waals surface area contributed by atoms with E-state index in [1.54, 1.807) is 6.20 Å². The lowest BCUT2D eigenvalue weighted by Gasteiger charge is -1.99. The van der Waals surface area contributed by atoms with E-state index < -0.39 is 0 Å². The Morgan fingerprint density at radius 1 is 1.54 bits per heavy atom. The highest BCUT2D eigenvalue weighted by molar-refractivity contribution is 7.98. The van der Waals surface area contributed by atoms with Crippen LogP contribution in [0.15, 0.2) is 12.3 Å². The molecule has 0 fully saturated rings. The van der Waals surface area contributed by atoms with Crippen LogP contribution in [-0.2, 0) is 9.53 Å². The molecule has 0 radical (unpaired) electrons. The van der Waals surface area contributed by atoms with Gasteiger partial charge in [0.15, 0.2) is 0 Å². The minimum absolute atomic E-state index is 0.323. The zero-order valence-corrected chi connectivity index (χ0v) is 9.02. The number of nitrogens with one attached hydrogen (secondary N) is 1. The summed E-state index contributed by atoms with van der Waals surface area (Å²) in [6.45, 7) is 0.911. The van der Waals surface area contributed by atoms with Crippen molar-refractivity contribution >= 4 is 17.7 Å². The van der Waals surface area contributed by atoms with E-state index >= 15 is 0 Å². The zero-order valence-electron chi connectivity index (χ0n) is 8.21. The van der Waals surface area contributed by atoms with Gasteiger partial charge in [-0.2, -0.15) is 11.8 Å². The van der Waals surface area contributed by atoms with Gasteiger partial charge < -0.3 is 10.1 Å². The molecule has 3 nitrogen and oxygen atoms in total. The van der Waals surface area contributed by atoms with Crippen molar-refractivity contribution in [1.82, 2.24) is 5.32 Å². The van der Waals surface area contributed by atoms with Crippen molar-refractivity contribution in [2.75, 3.05) is 25.7 Å². The maximum atomic E-state index is 10.6. The molecule has 0 aromatic rings. The fraction of sp³-hybridized carbons (Fsp3) is 0.667. The number of rotatable bonds is 7. The predicted octanol–water partition coefficient (Wildman–Crippen LogP) is 1.41. The first-order valence-corrected chi connectivity index (χ1v) is 5.67. The Kier molecular flexibility index (Phi) is 8.98. The van der Waals surface area contributed by atoms with Gasteiger partial charge in [0.25, 0.3) is 0 Å². The first kappa shape index (κ1) is 12.4. The van der Waals surface area contributed by atoms with Gasteiger partial charge >= 0.3 is 5.97 Å². The molecule has 0 aromatic carbocycles. The average molecular weight is 203 g/mol. The number of methoxy groups -OCH3 is 1. The molecule has 0 aliphatic heterocycles. The van der Waals surface area contributed by atoms with Crippen LogP contribution >= 0.6 is 11.8 Å². The Morgan fingerprint density at radius 3 is 2.92 bits per heavy atom. The minimum atomic E-state index is -0.323. The smallest absolute Gasteiger partial charge is 0.331 e. The molecular formula is C9H17NO2S. The van der Waals surface area contributed by atoms with E-state index in [9.17, 15) is 4.79 Å². The second kappa shape index (κ2) is 9.45. The second-order valence-electron chi connectivity index (χ2n) is 2.51. The van der Waals surface area contributed by atoms with Gasteiger partial charge in [0, 0.05) is 18.8 Å². The Morgan fingerprint density at radius 2 is 2.31 bits per heavy atom. The summed E-state index contributed by atoms with van der Waals surface area (Å²) in [5.41, 5.74) is 0. The molecule has 0 bridgehead atoms. The number of hydrogen-bond acceptors (Lipinski definition) is 4. The van der Waals surface area contributed by atoms with E-state index in [0.717, 1.165) is 13.0 Å². The molecular weight excluding hydrogens is 186 g/mol. The third kappa shape index (κ3) is 9.27. The molecule has 0 aromatic heterocycles. The summed E-state index contributed by atoms with van der Waals surface area (Å²) in [4.78, 5) is 10.6. The van der Waals surface area contributed by atoms with Gasteiger partial charge in [-0.3, -0.25) is 0 Å². The van der Waals surface area contributed by atoms with Crippen molar-refractivity contribution in [3.63, 3.8) is 0 Å². The van der Waals surface area contributed by atoms with E-state index in [-0.39, 0.29) is 5.97 Å². The number of carbonyl (C=O) groups is 1. The summed E-state index contributed by atoms with van der Waals surface area (Å²) in [5.74, 6) is 0.874. The van der Waals surface area contributed by atoms with E-state index in [0.29, 0.717) is 0 Å². The first-order chi connectivity index (χ1) is 6.31. The molecule has 0 spiro atoms. The van der Waals surface area contributed by atoms with Crippen LogP contribution in [0.2, 0.25) is 0 Å². The standard InChI is InChI=1S/C9H17NO2S/c1-12-9(11)5-7-10-6-3-4-8-13-2/h5,7,10H,3-4,6,8H2,1-2H3/b7-5+. The van der Waals surface area contributed by atoms with Crippen LogP contribution in [0.5, 0.6) is 0 Å². The molecule has 1 N–H and O–H groups in total. The first-order valence-electron chi connectivity index (χ1n) is 4.28. The zero-order chi connectivity index (χ0) is 9.94. The highest BCUT2D eigenvalue weighted by Gasteiger charge is 1.89. The fourth-order valence-electron chi connectivity index (χ4n) is 0.752. The molecule has 0 aliphatic rings. The van der Waals surface area contributed by atoms with Gasteiger partial charge in [0.05, 0.1) is 7.11 Å². The lowest BCUT2D eigenvalue weighted by Crippen LogP contribution is -2.08. The fourth-order valence-corrected chi connectivity index (χ4v) is 1.24. The van der Waals surface area contributed by atoms with Crippen LogP contribution in [-0.4, -0.2) is 31.6 Å². The summed E-state index contributed by atoms with van der Waals surface area (Å²) < 4.78 is 4.43. The van der Waals surface area contributed by atoms with Gasteiger partial charge in [0.1, 0.15) is 0 Å². The van der Waals surface area contributed by atoms with Gasteiger partial charge in [-0.1, -0.05) is 0 Å². The van der Waals surface area contributed by atoms with Gasteiger partial charge in [0.2, 0.25) is 0 Å². The number of ether oxygens (including phenoxy) is 1. The van der Waals surface area contributed by atoms with Gasteiger partial charge in [-0.05, 0) is 24.9 Å².